The fourth-order valence-electron chi connectivity index (χ4n) is 2.63. The molecule has 0 atom stereocenters. The third kappa shape index (κ3) is 5.12. The first kappa shape index (κ1) is 22.5. The highest BCUT2D eigenvalue weighted by molar-refractivity contribution is 7.93. The topological polar surface area (TPSA) is 102 Å². The molecule has 0 fully saturated rings. The van der Waals surface area contributed by atoms with Crippen LogP contribution in [0.2, 0.25) is 0 Å². The van der Waals surface area contributed by atoms with Gasteiger partial charge in [-0.15, -0.1) is 0 Å². The molecule has 7 nitrogen and oxygen atoms in total. The molecule has 0 aliphatic heterocycles. The van der Waals surface area contributed by atoms with Gasteiger partial charge in [0.15, 0.2) is 0 Å². The van der Waals surface area contributed by atoms with Crippen LogP contribution in [0.4, 0.5) is 20.2 Å². The van der Waals surface area contributed by atoms with Crippen LogP contribution in [-0.2, 0) is 20.0 Å². The number of rotatable bonds is 7. The van der Waals surface area contributed by atoms with E-state index in [1.165, 1.54) is 38.3 Å². The molecule has 0 aromatic heterocycles. The lowest BCUT2D eigenvalue weighted by Crippen LogP contribution is -2.17. The van der Waals surface area contributed by atoms with Crippen molar-refractivity contribution in [3.8, 4) is 5.75 Å². The summed E-state index contributed by atoms with van der Waals surface area (Å²) >= 11 is 0. The number of anilines is 2. The number of ether oxygens (including phenoxy) is 1. The van der Waals surface area contributed by atoms with E-state index in [1.54, 1.807) is 12.1 Å². The molecule has 0 aliphatic rings. The number of hydrogen-bond acceptors (Lipinski definition) is 5. The fourth-order valence-corrected chi connectivity index (χ4v) is 4.93. The van der Waals surface area contributed by atoms with Gasteiger partial charge in [0.1, 0.15) is 22.3 Å². The smallest absolute Gasteiger partial charge is 0.264 e. The van der Waals surface area contributed by atoms with E-state index in [9.17, 15) is 25.6 Å². The summed E-state index contributed by atoms with van der Waals surface area (Å²) in [6.45, 7) is 1.53. The van der Waals surface area contributed by atoms with Crippen LogP contribution in [0, 0.1) is 18.6 Å². The monoisotopic (exact) mass is 468 g/mol. The van der Waals surface area contributed by atoms with E-state index < -0.39 is 36.6 Å². The van der Waals surface area contributed by atoms with Crippen molar-refractivity contribution in [2.45, 2.75) is 16.7 Å². The summed E-state index contributed by atoms with van der Waals surface area (Å²) in [6, 6.07) is 11.9. The molecule has 3 aromatic rings. The summed E-state index contributed by atoms with van der Waals surface area (Å²) in [5, 5.41) is 0. The van der Waals surface area contributed by atoms with Gasteiger partial charge in [0, 0.05) is 5.69 Å². The van der Waals surface area contributed by atoms with E-state index >= 15 is 0 Å². The molecule has 2 N–H and O–H groups in total. The molecule has 3 aromatic carbocycles. The summed E-state index contributed by atoms with van der Waals surface area (Å²) in [7, 11) is -7.10. The zero-order chi connectivity index (χ0) is 22.8. The summed E-state index contributed by atoms with van der Waals surface area (Å²) in [6.07, 6.45) is 0. The molecule has 0 unspecified atom stereocenters. The first-order chi connectivity index (χ1) is 14.5. The predicted molar refractivity (Wildman–Crippen MR) is 112 cm³/mol. The quantitative estimate of drug-likeness (QED) is 0.548. The van der Waals surface area contributed by atoms with Crippen LogP contribution < -0.4 is 14.2 Å². The minimum absolute atomic E-state index is 0.0960. The van der Waals surface area contributed by atoms with Crippen LogP contribution in [0.3, 0.4) is 0 Å². The van der Waals surface area contributed by atoms with Crippen molar-refractivity contribution >= 4 is 31.4 Å². The number of aryl methyl sites for hydroxylation is 1. The molecule has 0 spiro atoms. The number of hydrogen-bond donors (Lipinski definition) is 2. The van der Waals surface area contributed by atoms with Crippen LogP contribution in [0.1, 0.15) is 5.56 Å². The SMILES string of the molecule is COc1ccc(NS(=O)(=O)c2ccc(C)c(NS(=O)(=O)c3cc(F)ccc3F)c2)cc1. The normalized spacial score (nSPS) is 11.7. The Hall–Kier alpha value is -3.18. The number of halogens is 2. The summed E-state index contributed by atoms with van der Waals surface area (Å²) in [5.41, 5.74) is 0.551. The highest BCUT2D eigenvalue weighted by Crippen LogP contribution is 2.26. The minimum atomic E-state index is -4.51. The molecule has 0 radical (unpaired) electrons. The second-order valence-electron chi connectivity index (χ2n) is 6.49. The van der Waals surface area contributed by atoms with Crippen LogP contribution in [0.15, 0.2) is 70.5 Å². The molecular formula is C20H18F2N2O5S2. The average molecular weight is 469 g/mol. The molecular weight excluding hydrogens is 450 g/mol. The lowest BCUT2D eigenvalue weighted by molar-refractivity contribution is 0.415. The van der Waals surface area contributed by atoms with Gasteiger partial charge in [-0.05, 0) is 67.1 Å². The highest BCUT2D eigenvalue weighted by Gasteiger charge is 2.22. The van der Waals surface area contributed by atoms with Gasteiger partial charge in [-0.1, -0.05) is 6.07 Å². The van der Waals surface area contributed by atoms with Crippen molar-refractivity contribution in [2.75, 3.05) is 16.6 Å². The third-order valence-electron chi connectivity index (χ3n) is 4.29. The van der Waals surface area contributed by atoms with Crippen molar-refractivity contribution in [1.82, 2.24) is 0 Å². The van der Waals surface area contributed by atoms with Crippen LogP contribution >= 0.6 is 0 Å². The maximum absolute atomic E-state index is 13.9. The lowest BCUT2D eigenvalue weighted by atomic mass is 10.2. The van der Waals surface area contributed by atoms with Crippen LogP contribution in [-0.4, -0.2) is 23.9 Å². The molecule has 0 bridgehead atoms. The van der Waals surface area contributed by atoms with Gasteiger partial charge in [0.25, 0.3) is 20.0 Å². The second-order valence-corrected chi connectivity index (χ2v) is 9.82. The van der Waals surface area contributed by atoms with Crippen molar-refractivity contribution in [2.24, 2.45) is 0 Å². The van der Waals surface area contributed by atoms with Crippen LogP contribution in [0.25, 0.3) is 0 Å². The highest BCUT2D eigenvalue weighted by atomic mass is 32.2. The molecule has 31 heavy (non-hydrogen) atoms. The van der Waals surface area contributed by atoms with Gasteiger partial charge in [-0.25, -0.2) is 25.6 Å². The van der Waals surface area contributed by atoms with E-state index in [1.807, 2.05) is 0 Å². The van der Waals surface area contributed by atoms with Gasteiger partial charge >= 0.3 is 0 Å². The molecule has 0 amide bonds. The zero-order valence-corrected chi connectivity index (χ0v) is 18.0. The first-order valence-corrected chi connectivity index (χ1v) is 11.7. The zero-order valence-electron chi connectivity index (χ0n) is 16.4. The summed E-state index contributed by atoms with van der Waals surface area (Å²) in [4.78, 5) is -1.12. The third-order valence-corrected chi connectivity index (χ3v) is 7.05. The number of methoxy groups -OCH3 is 1. The molecule has 11 heteroatoms. The number of benzene rings is 3. The fraction of sp³-hybridized carbons (Fsp3) is 0.100. The van der Waals surface area contributed by atoms with Gasteiger partial charge in [0.05, 0.1) is 17.7 Å². The maximum atomic E-state index is 13.9. The maximum Gasteiger partial charge on any atom is 0.264 e. The number of nitrogens with one attached hydrogen (secondary N) is 2. The van der Waals surface area contributed by atoms with E-state index in [0.717, 1.165) is 12.1 Å². The Morgan fingerprint density at radius 3 is 2.13 bits per heavy atom. The van der Waals surface area contributed by atoms with E-state index in [-0.39, 0.29) is 16.3 Å². The average Bonchev–Trinajstić information content (AvgIpc) is 2.71. The van der Waals surface area contributed by atoms with Gasteiger partial charge in [-0.3, -0.25) is 9.44 Å². The van der Waals surface area contributed by atoms with E-state index in [0.29, 0.717) is 23.4 Å². The van der Waals surface area contributed by atoms with Gasteiger partial charge in [-0.2, -0.15) is 0 Å². The largest absolute Gasteiger partial charge is 0.497 e. The Labute approximate surface area is 178 Å². The predicted octanol–water partition coefficient (Wildman–Crippen LogP) is 3.88. The van der Waals surface area contributed by atoms with Gasteiger partial charge in [0.2, 0.25) is 0 Å². The number of sulfonamides is 2. The molecule has 0 saturated carbocycles. The lowest BCUT2D eigenvalue weighted by Gasteiger charge is -2.14. The summed E-state index contributed by atoms with van der Waals surface area (Å²) in [5.74, 6) is -1.53. The Balaban J connectivity index is 1.92. The standard InChI is InChI=1S/C20H18F2N2O5S2/c1-13-3-9-17(30(25,26)23-15-5-7-16(29-2)8-6-15)12-19(13)24-31(27,28)20-11-14(21)4-10-18(20)22/h3-12,23-24H,1-2H3. The molecule has 0 aliphatic carbocycles. The van der Waals surface area contributed by atoms with E-state index in [2.05, 4.69) is 9.44 Å². The molecule has 0 saturated heterocycles. The van der Waals surface area contributed by atoms with Crippen molar-refractivity contribution < 1.29 is 30.4 Å². The van der Waals surface area contributed by atoms with Crippen molar-refractivity contribution in [1.29, 1.82) is 0 Å². The van der Waals surface area contributed by atoms with E-state index in [4.69, 9.17) is 4.74 Å². The Morgan fingerprint density at radius 1 is 0.806 bits per heavy atom. The van der Waals surface area contributed by atoms with Crippen molar-refractivity contribution in [3.05, 3.63) is 77.9 Å². The van der Waals surface area contributed by atoms with Crippen LogP contribution in [0.5, 0.6) is 5.75 Å². The Kier molecular flexibility index (Phi) is 6.18. The Bertz CT molecular complexity index is 1330. The van der Waals surface area contributed by atoms with Crippen molar-refractivity contribution in [3.63, 3.8) is 0 Å². The summed E-state index contributed by atoms with van der Waals surface area (Å²) < 4.78 is 87.4. The molecule has 3 rings (SSSR count). The molecule has 0 heterocycles. The minimum Gasteiger partial charge on any atom is -0.497 e. The Morgan fingerprint density at radius 2 is 1.48 bits per heavy atom. The molecule has 164 valence electrons. The first-order valence-electron chi connectivity index (χ1n) is 8.77. The van der Waals surface area contributed by atoms with Gasteiger partial charge < -0.3 is 4.74 Å². The second kappa shape index (κ2) is 8.52.